The SMILES string of the molecule is C[C@]12O[C@@H]3O[C@@H]4O[C@](C)(O1)[C@H]1[C@H]4[C@@H]3[C@@H](C=O)[C@H]12. The number of hydrogen-bond donors (Lipinski definition) is 0. The van der Waals surface area contributed by atoms with E-state index in [0.717, 1.165) is 6.29 Å². The van der Waals surface area contributed by atoms with Gasteiger partial charge in [-0.05, 0) is 13.8 Å². The average Bonchev–Trinajstić information content (AvgIpc) is 2.83. The highest BCUT2D eigenvalue weighted by Crippen LogP contribution is 2.73. The van der Waals surface area contributed by atoms with Crippen molar-refractivity contribution in [1.29, 1.82) is 0 Å². The predicted octanol–water partition coefficient (Wildman–Crippen LogP) is 0.485. The van der Waals surface area contributed by atoms with Crippen molar-refractivity contribution in [1.82, 2.24) is 0 Å². The number of rotatable bonds is 1. The standard InChI is InChI=1S/C12H14O5/c1-11-7-4(3-13)5-6-8(7)12(2,17-11)16-10(6)14-9(5)15-11/h3-10H,1-2H3/t4-,5+,6-,7-,8+,9+,10-,11+,12-/m1/s1. The molecule has 5 aliphatic rings. The van der Waals surface area contributed by atoms with Crippen molar-refractivity contribution >= 4 is 6.29 Å². The largest absolute Gasteiger partial charge is 0.323 e. The first-order chi connectivity index (χ1) is 8.07. The van der Waals surface area contributed by atoms with Crippen molar-refractivity contribution in [3.05, 3.63) is 0 Å². The molecule has 1 aliphatic carbocycles. The molecule has 5 nitrogen and oxygen atoms in total. The van der Waals surface area contributed by atoms with Gasteiger partial charge in [-0.3, -0.25) is 0 Å². The predicted molar refractivity (Wildman–Crippen MR) is 52.2 cm³/mol. The number of carbonyl (C=O) groups excluding carboxylic acids is 1. The zero-order chi connectivity index (χ0) is 11.6. The van der Waals surface area contributed by atoms with Gasteiger partial charge < -0.3 is 23.7 Å². The molecular weight excluding hydrogens is 224 g/mol. The smallest absolute Gasteiger partial charge is 0.176 e. The molecule has 0 aromatic rings. The van der Waals surface area contributed by atoms with Crippen LogP contribution in [0, 0.1) is 29.6 Å². The summed E-state index contributed by atoms with van der Waals surface area (Å²) in [6.45, 7) is 3.86. The quantitative estimate of drug-likeness (QED) is 0.622. The summed E-state index contributed by atoms with van der Waals surface area (Å²) in [5, 5.41) is 0. The van der Waals surface area contributed by atoms with Crippen LogP contribution in [0.25, 0.3) is 0 Å². The van der Waals surface area contributed by atoms with E-state index in [1.807, 2.05) is 13.8 Å². The molecule has 0 N–H and O–H groups in total. The third-order valence-corrected chi connectivity index (χ3v) is 5.48. The van der Waals surface area contributed by atoms with Gasteiger partial charge in [-0.2, -0.15) is 0 Å². The fourth-order valence-electron chi connectivity index (χ4n) is 5.19. The third kappa shape index (κ3) is 0.748. The van der Waals surface area contributed by atoms with Crippen LogP contribution >= 0.6 is 0 Å². The highest BCUT2D eigenvalue weighted by Gasteiger charge is 2.82. The van der Waals surface area contributed by atoms with Crippen molar-refractivity contribution in [3.63, 3.8) is 0 Å². The molecule has 0 amide bonds. The fraction of sp³-hybridized carbons (Fsp3) is 0.917. The Morgan fingerprint density at radius 3 is 2.35 bits per heavy atom. The van der Waals surface area contributed by atoms with Gasteiger partial charge in [0.2, 0.25) is 0 Å². The van der Waals surface area contributed by atoms with Crippen molar-refractivity contribution < 1.29 is 23.7 Å². The monoisotopic (exact) mass is 238 g/mol. The van der Waals surface area contributed by atoms with E-state index in [2.05, 4.69) is 0 Å². The van der Waals surface area contributed by atoms with E-state index in [9.17, 15) is 4.79 Å². The van der Waals surface area contributed by atoms with Crippen LogP contribution < -0.4 is 0 Å². The Balaban J connectivity index is 1.79. The molecule has 0 unspecified atom stereocenters. The lowest BCUT2D eigenvalue weighted by atomic mass is 9.80. The van der Waals surface area contributed by atoms with Crippen LogP contribution in [-0.4, -0.2) is 30.4 Å². The minimum atomic E-state index is -0.730. The second-order valence-corrected chi connectivity index (χ2v) is 6.16. The van der Waals surface area contributed by atoms with Gasteiger partial charge in [-0.15, -0.1) is 0 Å². The zero-order valence-electron chi connectivity index (χ0n) is 9.66. The van der Waals surface area contributed by atoms with Crippen molar-refractivity contribution in [2.45, 2.75) is 38.0 Å². The summed E-state index contributed by atoms with van der Waals surface area (Å²) in [5.41, 5.74) is 0. The lowest BCUT2D eigenvalue weighted by molar-refractivity contribution is -0.416. The van der Waals surface area contributed by atoms with Crippen LogP contribution in [0.4, 0.5) is 0 Å². The Morgan fingerprint density at radius 1 is 1.00 bits per heavy atom. The van der Waals surface area contributed by atoms with Gasteiger partial charge in [0.1, 0.15) is 6.29 Å². The number of carbonyl (C=O) groups is 1. The van der Waals surface area contributed by atoms with E-state index in [4.69, 9.17) is 18.9 Å². The van der Waals surface area contributed by atoms with Crippen molar-refractivity contribution in [2.24, 2.45) is 29.6 Å². The molecule has 4 aliphatic heterocycles. The van der Waals surface area contributed by atoms with Gasteiger partial charge in [0.15, 0.2) is 24.2 Å². The van der Waals surface area contributed by atoms with E-state index in [1.54, 1.807) is 0 Å². The van der Waals surface area contributed by atoms with E-state index in [1.165, 1.54) is 0 Å². The first-order valence-corrected chi connectivity index (χ1v) is 6.24. The molecular formula is C12H14O5. The molecule has 4 heterocycles. The molecule has 92 valence electrons. The summed E-state index contributed by atoms with van der Waals surface area (Å²) >= 11 is 0. The summed E-state index contributed by atoms with van der Waals surface area (Å²) < 4.78 is 23.7. The Morgan fingerprint density at radius 2 is 1.65 bits per heavy atom. The van der Waals surface area contributed by atoms with Crippen molar-refractivity contribution in [3.8, 4) is 0 Å². The second-order valence-electron chi connectivity index (χ2n) is 6.16. The maximum absolute atomic E-state index is 11.4. The van der Waals surface area contributed by atoms with E-state index in [-0.39, 0.29) is 42.2 Å². The molecule has 0 radical (unpaired) electrons. The van der Waals surface area contributed by atoms with Gasteiger partial charge >= 0.3 is 0 Å². The summed E-state index contributed by atoms with van der Waals surface area (Å²) in [5.74, 6) is -0.622. The summed E-state index contributed by atoms with van der Waals surface area (Å²) in [6, 6.07) is 0. The molecule has 2 bridgehead atoms. The van der Waals surface area contributed by atoms with Crippen molar-refractivity contribution in [2.75, 3.05) is 0 Å². The highest BCUT2D eigenvalue weighted by molar-refractivity contribution is 5.58. The Labute approximate surface area is 98.3 Å². The van der Waals surface area contributed by atoms with Crippen LogP contribution in [-0.2, 0) is 23.7 Å². The summed E-state index contributed by atoms with van der Waals surface area (Å²) in [6.07, 6.45) is 0.482. The van der Waals surface area contributed by atoms with Gasteiger partial charge in [-0.25, -0.2) is 0 Å². The third-order valence-electron chi connectivity index (χ3n) is 5.48. The Bertz CT molecular complexity index is 439. The number of ether oxygens (including phenoxy) is 4. The summed E-state index contributed by atoms with van der Waals surface area (Å²) in [7, 11) is 0. The average molecular weight is 238 g/mol. The summed E-state index contributed by atoms with van der Waals surface area (Å²) in [4.78, 5) is 11.4. The van der Waals surface area contributed by atoms with Crippen LogP contribution in [0.15, 0.2) is 0 Å². The van der Waals surface area contributed by atoms with Crippen LogP contribution in [0.2, 0.25) is 0 Å². The maximum atomic E-state index is 11.4. The molecule has 0 aromatic heterocycles. The maximum Gasteiger partial charge on any atom is 0.176 e. The van der Waals surface area contributed by atoms with Crippen LogP contribution in [0.1, 0.15) is 13.8 Å². The zero-order valence-corrected chi connectivity index (χ0v) is 9.66. The van der Waals surface area contributed by atoms with Gasteiger partial charge in [-0.1, -0.05) is 0 Å². The molecule has 17 heavy (non-hydrogen) atoms. The van der Waals surface area contributed by atoms with Crippen LogP contribution in [0.3, 0.4) is 0 Å². The first-order valence-electron chi connectivity index (χ1n) is 6.24. The molecule has 1 saturated carbocycles. The lowest BCUT2D eigenvalue weighted by Gasteiger charge is -2.43. The highest BCUT2D eigenvalue weighted by atomic mass is 16.9. The number of aldehydes is 1. The lowest BCUT2D eigenvalue weighted by Crippen LogP contribution is -2.52. The van der Waals surface area contributed by atoms with E-state index >= 15 is 0 Å². The normalized spacial score (nSPS) is 73.6. The second kappa shape index (κ2) is 2.32. The molecule has 5 heteroatoms. The minimum Gasteiger partial charge on any atom is -0.323 e. The fourth-order valence-corrected chi connectivity index (χ4v) is 5.19. The van der Waals surface area contributed by atoms with Gasteiger partial charge in [0, 0.05) is 29.6 Å². The molecule has 4 saturated heterocycles. The topological polar surface area (TPSA) is 54.0 Å². The molecule has 5 fully saturated rings. The molecule has 0 aromatic carbocycles. The Hall–Kier alpha value is -0.490. The van der Waals surface area contributed by atoms with Crippen LogP contribution in [0.5, 0.6) is 0 Å². The molecule has 0 spiro atoms. The van der Waals surface area contributed by atoms with E-state index < -0.39 is 11.6 Å². The van der Waals surface area contributed by atoms with Gasteiger partial charge in [0.25, 0.3) is 0 Å². The molecule has 5 rings (SSSR count). The van der Waals surface area contributed by atoms with Gasteiger partial charge in [0.05, 0.1) is 0 Å². The minimum absolute atomic E-state index is 0.00975. The number of hydrogen-bond acceptors (Lipinski definition) is 5. The first kappa shape index (κ1) is 9.44. The molecule has 9 atom stereocenters. The van der Waals surface area contributed by atoms with E-state index in [0.29, 0.717) is 0 Å². The Kier molecular flexibility index (Phi) is 1.29.